The van der Waals surface area contributed by atoms with Crippen molar-refractivity contribution in [2.45, 2.75) is 25.9 Å². The number of nitro benzene ring substituents is 1. The molecule has 0 spiro atoms. The highest BCUT2D eigenvalue weighted by atomic mass is 16.6. The van der Waals surface area contributed by atoms with Crippen molar-refractivity contribution in [2.75, 3.05) is 13.1 Å². The molecule has 5 nitrogen and oxygen atoms in total. The van der Waals surface area contributed by atoms with E-state index in [0.29, 0.717) is 5.92 Å². The maximum absolute atomic E-state index is 11.0. The maximum Gasteiger partial charge on any atom is 0.274 e. The zero-order valence-corrected chi connectivity index (χ0v) is 10.7. The van der Waals surface area contributed by atoms with Crippen LogP contribution in [-0.2, 0) is 0 Å². The summed E-state index contributed by atoms with van der Waals surface area (Å²) in [5.74, 6) is 0.440. The summed E-state index contributed by atoms with van der Waals surface area (Å²) >= 11 is 0. The second-order valence-electron chi connectivity index (χ2n) is 5.09. The SMILES string of the molecule is CC1CN(C(C)c2ccccc2[N+](=O)[O-])CC1N. The lowest BCUT2D eigenvalue weighted by Crippen LogP contribution is -2.30. The van der Waals surface area contributed by atoms with E-state index in [0.717, 1.165) is 18.7 Å². The molecule has 5 heteroatoms. The summed E-state index contributed by atoms with van der Waals surface area (Å²) < 4.78 is 0. The molecule has 2 rings (SSSR count). The molecule has 0 aromatic heterocycles. The average Bonchev–Trinajstić information content (AvgIpc) is 2.68. The summed E-state index contributed by atoms with van der Waals surface area (Å²) in [5.41, 5.74) is 6.97. The van der Waals surface area contributed by atoms with Gasteiger partial charge in [0.1, 0.15) is 0 Å². The minimum absolute atomic E-state index is 0.0302. The van der Waals surface area contributed by atoms with Crippen molar-refractivity contribution < 1.29 is 4.92 Å². The first-order valence-electron chi connectivity index (χ1n) is 6.23. The van der Waals surface area contributed by atoms with Gasteiger partial charge in [0.25, 0.3) is 5.69 Å². The molecular formula is C13H19N3O2. The highest BCUT2D eigenvalue weighted by molar-refractivity contribution is 5.41. The Bertz CT molecular complexity index is 440. The van der Waals surface area contributed by atoms with Crippen molar-refractivity contribution in [3.8, 4) is 0 Å². The molecule has 3 atom stereocenters. The molecule has 0 bridgehead atoms. The summed E-state index contributed by atoms with van der Waals surface area (Å²) in [6.07, 6.45) is 0. The van der Waals surface area contributed by atoms with Crippen molar-refractivity contribution >= 4 is 5.69 Å². The number of nitrogens with two attached hydrogens (primary N) is 1. The molecule has 1 heterocycles. The Hall–Kier alpha value is -1.46. The van der Waals surface area contributed by atoms with E-state index in [2.05, 4.69) is 11.8 Å². The van der Waals surface area contributed by atoms with Crippen LogP contribution in [0.15, 0.2) is 24.3 Å². The summed E-state index contributed by atoms with van der Waals surface area (Å²) in [4.78, 5) is 12.9. The van der Waals surface area contributed by atoms with Crippen LogP contribution in [0.5, 0.6) is 0 Å². The van der Waals surface area contributed by atoms with Crippen LogP contribution in [-0.4, -0.2) is 29.0 Å². The molecule has 1 aromatic rings. The van der Waals surface area contributed by atoms with Gasteiger partial charge in [0.05, 0.1) is 4.92 Å². The lowest BCUT2D eigenvalue weighted by atomic mass is 10.1. The molecular weight excluding hydrogens is 230 g/mol. The Morgan fingerprint density at radius 3 is 2.67 bits per heavy atom. The van der Waals surface area contributed by atoms with E-state index in [4.69, 9.17) is 5.73 Å². The maximum atomic E-state index is 11.0. The van der Waals surface area contributed by atoms with E-state index in [-0.39, 0.29) is 22.7 Å². The van der Waals surface area contributed by atoms with Gasteiger partial charge in [0.15, 0.2) is 0 Å². The number of para-hydroxylation sites is 1. The van der Waals surface area contributed by atoms with Crippen LogP contribution >= 0.6 is 0 Å². The second kappa shape index (κ2) is 5.04. The molecule has 1 aliphatic rings. The summed E-state index contributed by atoms with van der Waals surface area (Å²) in [7, 11) is 0. The smallest absolute Gasteiger partial charge is 0.274 e. The topological polar surface area (TPSA) is 72.4 Å². The van der Waals surface area contributed by atoms with Gasteiger partial charge in [-0.15, -0.1) is 0 Å². The van der Waals surface area contributed by atoms with Crippen LogP contribution in [0.25, 0.3) is 0 Å². The van der Waals surface area contributed by atoms with E-state index in [1.165, 1.54) is 0 Å². The Kier molecular flexibility index (Phi) is 3.63. The van der Waals surface area contributed by atoms with Gasteiger partial charge in [-0.1, -0.05) is 25.1 Å². The van der Waals surface area contributed by atoms with E-state index >= 15 is 0 Å². The molecule has 1 aromatic carbocycles. The molecule has 0 radical (unpaired) electrons. The number of nitrogens with zero attached hydrogens (tertiary/aromatic N) is 2. The fourth-order valence-corrected chi connectivity index (χ4v) is 2.55. The average molecular weight is 249 g/mol. The molecule has 0 amide bonds. The van der Waals surface area contributed by atoms with Gasteiger partial charge in [-0.3, -0.25) is 15.0 Å². The van der Waals surface area contributed by atoms with Crippen molar-refractivity contribution in [2.24, 2.45) is 11.7 Å². The van der Waals surface area contributed by atoms with Gasteiger partial charge in [-0.05, 0) is 12.8 Å². The van der Waals surface area contributed by atoms with Gasteiger partial charge in [0.2, 0.25) is 0 Å². The normalized spacial score (nSPS) is 26.2. The number of rotatable bonds is 3. The van der Waals surface area contributed by atoms with Crippen LogP contribution < -0.4 is 5.73 Å². The van der Waals surface area contributed by atoms with Gasteiger partial charge in [-0.25, -0.2) is 0 Å². The molecule has 1 aliphatic heterocycles. The molecule has 18 heavy (non-hydrogen) atoms. The third-order valence-electron chi connectivity index (χ3n) is 3.83. The molecule has 3 unspecified atom stereocenters. The van der Waals surface area contributed by atoms with Crippen molar-refractivity contribution in [3.05, 3.63) is 39.9 Å². The third-order valence-corrected chi connectivity index (χ3v) is 3.83. The van der Waals surface area contributed by atoms with Gasteiger partial charge < -0.3 is 5.73 Å². The monoisotopic (exact) mass is 249 g/mol. The number of hydrogen-bond acceptors (Lipinski definition) is 4. The van der Waals surface area contributed by atoms with Gasteiger partial charge in [0, 0.05) is 36.8 Å². The minimum Gasteiger partial charge on any atom is -0.326 e. The van der Waals surface area contributed by atoms with Crippen LogP contribution in [0, 0.1) is 16.0 Å². The second-order valence-corrected chi connectivity index (χ2v) is 5.09. The summed E-state index contributed by atoms with van der Waals surface area (Å²) in [6, 6.07) is 7.13. The standard InChI is InChI=1S/C13H19N3O2/c1-9-7-15(8-12(9)14)10(2)11-5-3-4-6-13(11)16(17)18/h3-6,9-10,12H,7-8,14H2,1-2H3. The molecule has 1 saturated heterocycles. The lowest BCUT2D eigenvalue weighted by molar-refractivity contribution is -0.386. The predicted molar refractivity (Wildman–Crippen MR) is 70.2 cm³/mol. The first-order valence-corrected chi connectivity index (χ1v) is 6.23. The Balaban J connectivity index is 2.24. The molecule has 0 saturated carbocycles. The summed E-state index contributed by atoms with van der Waals surface area (Å²) in [5, 5.41) is 11.0. The van der Waals surface area contributed by atoms with E-state index in [1.54, 1.807) is 12.1 Å². The number of likely N-dealkylation sites (tertiary alicyclic amines) is 1. The van der Waals surface area contributed by atoms with Gasteiger partial charge >= 0.3 is 0 Å². The molecule has 2 N–H and O–H groups in total. The van der Waals surface area contributed by atoms with Crippen molar-refractivity contribution in [1.29, 1.82) is 0 Å². The number of nitro groups is 1. The predicted octanol–water partition coefficient (Wildman–Crippen LogP) is 1.93. The zero-order valence-electron chi connectivity index (χ0n) is 10.7. The zero-order chi connectivity index (χ0) is 13.3. The van der Waals surface area contributed by atoms with Crippen LogP contribution in [0.3, 0.4) is 0 Å². The Morgan fingerprint density at radius 2 is 2.11 bits per heavy atom. The largest absolute Gasteiger partial charge is 0.326 e. The van der Waals surface area contributed by atoms with E-state index in [9.17, 15) is 10.1 Å². The molecule has 0 aliphatic carbocycles. The third kappa shape index (κ3) is 2.37. The van der Waals surface area contributed by atoms with Gasteiger partial charge in [-0.2, -0.15) is 0 Å². The van der Waals surface area contributed by atoms with E-state index < -0.39 is 0 Å². The molecule has 1 fully saturated rings. The fourth-order valence-electron chi connectivity index (χ4n) is 2.55. The van der Waals surface area contributed by atoms with Crippen molar-refractivity contribution in [1.82, 2.24) is 4.90 Å². The van der Waals surface area contributed by atoms with Crippen LogP contribution in [0.2, 0.25) is 0 Å². The lowest BCUT2D eigenvalue weighted by Gasteiger charge is -2.24. The molecule has 98 valence electrons. The Morgan fingerprint density at radius 1 is 1.44 bits per heavy atom. The van der Waals surface area contributed by atoms with Crippen molar-refractivity contribution in [3.63, 3.8) is 0 Å². The highest BCUT2D eigenvalue weighted by Gasteiger charge is 2.32. The van der Waals surface area contributed by atoms with Crippen LogP contribution in [0.4, 0.5) is 5.69 Å². The van der Waals surface area contributed by atoms with E-state index in [1.807, 2.05) is 19.1 Å². The summed E-state index contributed by atoms with van der Waals surface area (Å²) in [6.45, 7) is 5.83. The number of hydrogen-bond donors (Lipinski definition) is 1. The minimum atomic E-state index is -0.314. The Labute approximate surface area is 107 Å². The quantitative estimate of drug-likeness (QED) is 0.656. The van der Waals surface area contributed by atoms with Crippen LogP contribution in [0.1, 0.15) is 25.5 Å². The number of benzene rings is 1. The first-order chi connectivity index (χ1) is 8.50. The highest BCUT2D eigenvalue weighted by Crippen LogP contribution is 2.31. The fraction of sp³-hybridized carbons (Fsp3) is 0.538. The first kappa shape index (κ1) is 13.0.